The average Bonchev–Trinajstić information content (AvgIpc) is 3.22. The van der Waals surface area contributed by atoms with Crippen molar-refractivity contribution in [3.63, 3.8) is 0 Å². The highest BCUT2D eigenvalue weighted by Crippen LogP contribution is 2.62. The first-order chi connectivity index (χ1) is 16.9. The Hall–Kier alpha value is -3.90. The summed E-state index contributed by atoms with van der Waals surface area (Å²) < 4.78 is 40.9. The van der Waals surface area contributed by atoms with Gasteiger partial charge in [0.15, 0.2) is 5.60 Å². The number of hydroxylamine groups is 1. The largest absolute Gasteiger partial charge is 0.416 e. The van der Waals surface area contributed by atoms with Gasteiger partial charge in [-0.1, -0.05) is 91.0 Å². The zero-order valence-electron chi connectivity index (χ0n) is 18.4. The van der Waals surface area contributed by atoms with Gasteiger partial charge in [-0.25, -0.2) is 5.06 Å². The number of nitrogens with zero attached hydrogens (tertiary/aromatic N) is 1. The van der Waals surface area contributed by atoms with Crippen molar-refractivity contribution >= 4 is 11.5 Å². The van der Waals surface area contributed by atoms with Gasteiger partial charge in [-0.2, -0.15) is 13.2 Å². The molecule has 4 aromatic carbocycles. The minimum Gasteiger partial charge on any atom is -0.290 e. The van der Waals surface area contributed by atoms with Crippen LogP contribution in [0, 0.1) is 0 Å². The molecule has 2 aliphatic rings. The summed E-state index contributed by atoms with van der Waals surface area (Å²) in [5.41, 5.74) is 0.328. The molecule has 3 atom stereocenters. The third-order valence-electron chi connectivity index (χ3n) is 6.89. The van der Waals surface area contributed by atoms with Crippen molar-refractivity contribution in [1.29, 1.82) is 0 Å². The van der Waals surface area contributed by atoms with Crippen molar-refractivity contribution in [3.8, 4) is 0 Å². The molecule has 3 nitrogen and oxygen atoms in total. The number of carbonyl (C=O) groups excluding carboxylic acids is 1. The van der Waals surface area contributed by atoms with Crippen molar-refractivity contribution in [3.05, 3.63) is 137 Å². The Kier molecular flexibility index (Phi) is 4.83. The summed E-state index contributed by atoms with van der Waals surface area (Å²) in [7, 11) is 0. The molecule has 0 aromatic heterocycles. The molecule has 4 aromatic rings. The van der Waals surface area contributed by atoms with Gasteiger partial charge in [-0.05, 0) is 34.9 Å². The third kappa shape index (κ3) is 3.21. The molecule has 0 N–H and O–H groups in total. The number of Topliss-reactive ketones (excluding diaryl/α,β-unsaturated/α-hetero) is 1. The van der Waals surface area contributed by atoms with Crippen molar-refractivity contribution in [1.82, 2.24) is 0 Å². The van der Waals surface area contributed by atoms with Gasteiger partial charge < -0.3 is 0 Å². The van der Waals surface area contributed by atoms with E-state index in [9.17, 15) is 18.0 Å². The number of hydrogen-bond donors (Lipinski definition) is 0. The minimum absolute atomic E-state index is 0.00860. The molecule has 2 heterocycles. The Balaban J connectivity index is 1.68. The van der Waals surface area contributed by atoms with E-state index in [0.29, 0.717) is 11.3 Å². The van der Waals surface area contributed by atoms with Crippen LogP contribution in [0.3, 0.4) is 0 Å². The molecule has 1 fully saturated rings. The van der Waals surface area contributed by atoms with Gasteiger partial charge in [0, 0.05) is 5.56 Å². The zero-order valence-corrected chi connectivity index (χ0v) is 18.4. The maximum absolute atomic E-state index is 14.3. The van der Waals surface area contributed by atoms with Crippen LogP contribution in [-0.4, -0.2) is 5.78 Å². The number of hydrogen-bond acceptors (Lipinski definition) is 3. The summed E-state index contributed by atoms with van der Waals surface area (Å²) in [5.74, 6) is -0.990. The Morgan fingerprint density at radius 1 is 0.743 bits per heavy atom. The summed E-state index contributed by atoms with van der Waals surface area (Å²) in [6, 6.07) is 31.1. The summed E-state index contributed by atoms with van der Waals surface area (Å²) in [6.45, 7) is 0. The molecular weight excluding hydrogens is 451 g/mol. The van der Waals surface area contributed by atoms with Crippen LogP contribution >= 0.6 is 0 Å². The van der Waals surface area contributed by atoms with Gasteiger partial charge in [-0.15, -0.1) is 0 Å². The molecule has 0 aliphatic carbocycles. The topological polar surface area (TPSA) is 29.5 Å². The van der Waals surface area contributed by atoms with E-state index in [1.54, 1.807) is 17.2 Å². The van der Waals surface area contributed by atoms with Crippen LogP contribution in [0.25, 0.3) is 0 Å². The van der Waals surface area contributed by atoms with Crippen molar-refractivity contribution in [2.24, 2.45) is 0 Å². The maximum atomic E-state index is 14.3. The van der Waals surface area contributed by atoms with Crippen LogP contribution < -0.4 is 5.06 Å². The van der Waals surface area contributed by atoms with Gasteiger partial charge >= 0.3 is 6.18 Å². The van der Waals surface area contributed by atoms with Crippen LogP contribution in [0.1, 0.15) is 44.6 Å². The molecule has 0 saturated carbocycles. The molecule has 0 radical (unpaired) electrons. The lowest BCUT2D eigenvalue weighted by Crippen LogP contribution is -2.44. The van der Waals surface area contributed by atoms with E-state index < -0.39 is 35.1 Å². The lowest BCUT2D eigenvalue weighted by molar-refractivity contribution is -0.137. The van der Waals surface area contributed by atoms with Crippen LogP contribution in [0.2, 0.25) is 0 Å². The summed E-state index contributed by atoms with van der Waals surface area (Å²) in [4.78, 5) is 20.9. The number of anilines is 1. The molecule has 6 rings (SSSR count). The van der Waals surface area contributed by atoms with Gasteiger partial charge in [0.1, 0.15) is 0 Å². The number of carbonyl (C=O) groups is 1. The predicted molar refractivity (Wildman–Crippen MR) is 126 cm³/mol. The summed E-state index contributed by atoms with van der Waals surface area (Å²) in [5, 5.41) is 1.64. The Labute approximate surface area is 200 Å². The molecule has 0 amide bonds. The van der Waals surface area contributed by atoms with Crippen LogP contribution in [-0.2, 0) is 16.6 Å². The lowest BCUT2D eigenvalue weighted by Gasteiger charge is -2.36. The first-order valence-electron chi connectivity index (χ1n) is 11.3. The maximum Gasteiger partial charge on any atom is 0.416 e. The third-order valence-corrected chi connectivity index (χ3v) is 6.89. The Bertz CT molecular complexity index is 1390. The first-order valence-corrected chi connectivity index (χ1v) is 11.3. The van der Waals surface area contributed by atoms with E-state index in [-0.39, 0.29) is 5.56 Å². The van der Waals surface area contributed by atoms with Gasteiger partial charge in [-0.3, -0.25) is 9.63 Å². The lowest BCUT2D eigenvalue weighted by atomic mass is 9.70. The molecule has 1 saturated heterocycles. The van der Waals surface area contributed by atoms with Crippen LogP contribution in [0.5, 0.6) is 0 Å². The molecule has 174 valence electrons. The van der Waals surface area contributed by atoms with Crippen molar-refractivity contribution < 1.29 is 22.8 Å². The Morgan fingerprint density at radius 3 is 1.91 bits per heavy atom. The molecular formula is C29H20F3NO2. The number of ketones is 1. The van der Waals surface area contributed by atoms with Gasteiger partial charge in [0.2, 0.25) is 5.78 Å². The number of fused-ring (bicyclic) bond motifs is 4. The fourth-order valence-corrected chi connectivity index (χ4v) is 5.40. The second-order valence-corrected chi connectivity index (χ2v) is 8.82. The Morgan fingerprint density at radius 2 is 1.31 bits per heavy atom. The second-order valence-electron chi connectivity index (χ2n) is 8.82. The molecule has 2 bridgehead atoms. The zero-order chi connectivity index (χ0) is 24.2. The molecule has 0 spiro atoms. The SMILES string of the molecule is O=C1c2cc(C(F)(F)F)ccc2N2O[C@]1(c1ccccc1)[C@H](c1ccccc1)[C@@H]2c1ccccc1. The van der Waals surface area contributed by atoms with Gasteiger partial charge in [0.25, 0.3) is 0 Å². The van der Waals surface area contributed by atoms with Crippen LogP contribution in [0.4, 0.5) is 18.9 Å². The summed E-state index contributed by atoms with van der Waals surface area (Å²) >= 11 is 0. The normalized spacial score (nSPS) is 23.3. The number of benzene rings is 4. The van der Waals surface area contributed by atoms with E-state index in [1.807, 2.05) is 78.9 Å². The highest BCUT2D eigenvalue weighted by molar-refractivity contribution is 6.10. The highest BCUT2D eigenvalue weighted by Gasteiger charge is 2.64. The second kappa shape index (κ2) is 7.82. The average molecular weight is 471 g/mol. The monoisotopic (exact) mass is 471 g/mol. The predicted octanol–water partition coefficient (Wildman–Crippen LogP) is 7.07. The minimum atomic E-state index is -4.57. The molecule has 6 heteroatoms. The van der Waals surface area contributed by atoms with E-state index >= 15 is 0 Å². The number of halogens is 3. The van der Waals surface area contributed by atoms with Crippen molar-refractivity contribution in [2.45, 2.75) is 23.7 Å². The van der Waals surface area contributed by atoms with E-state index in [0.717, 1.165) is 23.3 Å². The smallest absolute Gasteiger partial charge is 0.290 e. The molecule has 35 heavy (non-hydrogen) atoms. The van der Waals surface area contributed by atoms with Crippen LogP contribution in [0.15, 0.2) is 109 Å². The van der Waals surface area contributed by atoms with E-state index in [4.69, 9.17) is 4.84 Å². The summed E-state index contributed by atoms with van der Waals surface area (Å²) in [6.07, 6.45) is -4.57. The fraction of sp³-hybridized carbons (Fsp3) is 0.138. The molecule has 2 aliphatic heterocycles. The van der Waals surface area contributed by atoms with E-state index in [2.05, 4.69) is 0 Å². The number of alkyl halides is 3. The molecule has 0 unspecified atom stereocenters. The highest BCUT2D eigenvalue weighted by atomic mass is 19.4. The number of rotatable bonds is 3. The fourth-order valence-electron chi connectivity index (χ4n) is 5.40. The van der Waals surface area contributed by atoms with E-state index in [1.165, 1.54) is 6.07 Å². The quantitative estimate of drug-likeness (QED) is 0.320. The van der Waals surface area contributed by atoms with Crippen molar-refractivity contribution in [2.75, 3.05) is 5.06 Å². The van der Waals surface area contributed by atoms with Gasteiger partial charge in [0.05, 0.1) is 23.2 Å². The standard InChI is InChI=1S/C29H20F3NO2/c30-29(31,32)22-16-17-24-23(18-22)27(34)28(21-14-8-3-9-15-21)25(19-10-4-1-5-11-19)26(33(24)35-28)20-12-6-2-7-13-20/h1-18,25-26H/t25-,26+,28-/m1/s1. The first kappa shape index (κ1) is 21.6.